The molecule has 156 valence electrons. The van der Waals surface area contributed by atoms with E-state index in [9.17, 15) is 13.2 Å². The summed E-state index contributed by atoms with van der Waals surface area (Å²) in [5.41, 5.74) is 2.00. The number of benzene rings is 2. The van der Waals surface area contributed by atoms with Crippen LogP contribution in [0.3, 0.4) is 0 Å². The van der Waals surface area contributed by atoms with Crippen molar-refractivity contribution in [1.29, 1.82) is 0 Å². The molecular weight excluding hydrogens is 452 g/mol. The van der Waals surface area contributed by atoms with Crippen LogP contribution in [0.5, 0.6) is 0 Å². The summed E-state index contributed by atoms with van der Waals surface area (Å²) in [5.74, 6) is -0.0227. The van der Waals surface area contributed by atoms with Crippen molar-refractivity contribution in [3.05, 3.63) is 64.1 Å². The zero-order chi connectivity index (χ0) is 20.9. The van der Waals surface area contributed by atoms with Crippen molar-refractivity contribution >= 4 is 31.9 Å². The predicted molar refractivity (Wildman–Crippen MR) is 118 cm³/mol. The number of hydrogen-bond acceptors (Lipinski definition) is 3. The minimum Gasteiger partial charge on any atom is -0.350 e. The minimum absolute atomic E-state index is 0.0227. The van der Waals surface area contributed by atoms with Gasteiger partial charge < -0.3 is 5.32 Å². The number of nitrogens with zero attached hydrogens (tertiary/aromatic N) is 1. The Kier molecular flexibility index (Phi) is 7.49. The van der Waals surface area contributed by atoms with Crippen molar-refractivity contribution in [3.63, 3.8) is 0 Å². The number of piperidine rings is 1. The number of sulfonamides is 1. The van der Waals surface area contributed by atoms with Crippen LogP contribution in [0.15, 0.2) is 57.9 Å². The molecule has 1 aliphatic heterocycles. The van der Waals surface area contributed by atoms with Gasteiger partial charge in [-0.25, -0.2) is 8.42 Å². The average Bonchev–Trinajstić information content (AvgIpc) is 2.73. The van der Waals surface area contributed by atoms with E-state index in [-0.39, 0.29) is 11.9 Å². The Balaban J connectivity index is 1.53. The lowest BCUT2D eigenvalue weighted by Gasteiger charge is -2.25. The van der Waals surface area contributed by atoms with E-state index in [1.807, 2.05) is 43.3 Å². The number of aryl methyl sites for hydroxylation is 1. The van der Waals surface area contributed by atoms with Crippen molar-refractivity contribution in [1.82, 2.24) is 9.62 Å². The first-order valence-electron chi connectivity index (χ1n) is 10.0. The topological polar surface area (TPSA) is 66.5 Å². The van der Waals surface area contributed by atoms with Crippen LogP contribution in [0.25, 0.3) is 0 Å². The molecular formula is C22H27BrN2O3S. The third-order valence-electron chi connectivity index (χ3n) is 5.26. The zero-order valence-corrected chi connectivity index (χ0v) is 19.0. The van der Waals surface area contributed by atoms with Crippen LogP contribution >= 0.6 is 15.9 Å². The van der Waals surface area contributed by atoms with Gasteiger partial charge in [-0.1, -0.05) is 46.6 Å². The lowest BCUT2D eigenvalue weighted by molar-refractivity contribution is -0.121. The molecule has 0 saturated carbocycles. The molecule has 1 saturated heterocycles. The van der Waals surface area contributed by atoms with Crippen LogP contribution in [0, 0.1) is 0 Å². The quantitative estimate of drug-likeness (QED) is 0.639. The summed E-state index contributed by atoms with van der Waals surface area (Å²) in [7, 11) is -3.41. The normalized spacial score (nSPS) is 16.3. The number of nitrogens with one attached hydrogen (secondary N) is 1. The highest BCUT2D eigenvalue weighted by atomic mass is 79.9. The molecule has 0 bridgehead atoms. The maximum atomic E-state index is 12.7. The predicted octanol–water partition coefficient (Wildman–Crippen LogP) is 4.43. The minimum atomic E-state index is -3.41. The van der Waals surface area contributed by atoms with Crippen LogP contribution < -0.4 is 5.32 Å². The molecule has 1 fully saturated rings. The summed E-state index contributed by atoms with van der Waals surface area (Å²) in [6.07, 6.45) is 3.87. The summed E-state index contributed by atoms with van der Waals surface area (Å²) in [6.45, 7) is 3.16. The first kappa shape index (κ1) is 22.0. The molecule has 2 aromatic carbocycles. The first-order chi connectivity index (χ1) is 13.9. The third-order valence-corrected chi connectivity index (χ3v) is 7.71. The summed E-state index contributed by atoms with van der Waals surface area (Å²) in [6, 6.07) is 14.7. The van der Waals surface area contributed by atoms with Gasteiger partial charge in [0.2, 0.25) is 15.9 Å². The molecule has 1 aliphatic rings. The number of rotatable bonds is 7. The molecule has 0 spiro atoms. The lowest BCUT2D eigenvalue weighted by atomic mass is 10.1. The molecule has 0 aromatic heterocycles. The number of hydrogen-bond donors (Lipinski definition) is 1. The summed E-state index contributed by atoms with van der Waals surface area (Å²) < 4.78 is 28.0. The standard InChI is InChI=1S/C22H27BrN2O3S/c1-17(19-8-10-20(23)11-9-19)24-22(26)14-7-18-5-12-21(13-6-18)29(27,28)25-15-3-2-4-16-25/h5-6,8-13,17H,2-4,7,14-16H2,1H3,(H,24,26)/t17-/m1/s1. The van der Waals surface area contributed by atoms with Crippen LogP contribution in [0.2, 0.25) is 0 Å². The van der Waals surface area contributed by atoms with E-state index in [1.165, 1.54) is 0 Å². The van der Waals surface area contributed by atoms with Crippen LogP contribution in [-0.2, 0) is 21.2 Å². The van der Waals surface area contributed by atoms with Crippen molar-refractivity contribution < 1.29 is 13.2 Å². The van der Waals surface area contributed by atoms with Gasteiger partial charge in [0, 0.05) is 24.0 Å². The Labute approximate surface area is 181 Å². The molecule has 1 atom stereocenters. The Morgan fingerprint density at radius 1 is 1.03 bits per heavy atom. The van der Waals surface area contributed by atoms with E-state index < -0.39 is 10.0 Å². The highest BCUT2D eigenvalue weighted by Gasteiger charge is 2.25. The smallest absolute Gasteiger partial charge is 0.243 e. The third kappa shape index (κ3) is 5.90. The lowest BCUT2D eigenvalue weighted by Crippen LogP contribution is -2.35. The van der Waals surface area contributed by atoms with E-state index in [0.717, 1.165) is 34.9 Å². The highest BCUT2D eigenvalue weighted by Crippen LogP contribution is 2.21. The fourth-order valence-corrected chi connectivity index (χ4v) is 5.27. The fraction of sp³-hybridized carbons (Fsp3) is 0.409. The molecule has 3 rings (SSSR count). The average molecular weight is 479 g/mol. The van der Waals surface area contributed by atoms with Crippen LogP contribution in [-0.4, -0.2) is 31.7 Å². The Hall–Kier alpha value is -1.70. The second-order valence-electron chi connectivity index (χ2n) is 7.45. The first-order valence-corrected chi connectivity index (χ1v) is 12.2. The number of carbonyl (C=O) groups excluding carboxylic acids is 1. The van der Waals surface area contributed by atoms with Crippen LogP contribution in [0.1, 0.15) is 49.8 Å². The molecule has 5 nitrogen and oxygen atoms in total. The van der Waals surface area contributed by atoms with E-state index in [1.54, 1.807) is 16.4 Å². The molecule has 1 heterocycles. The summed E-state index contributed by atoms with van der Waals surface area (Å²) >= 11 is 3.41. The SMILES string of the molecule is C[C@@H](NC(=O)CCc1ccc(S(=O)(=O)N2CCCCC2)cc1)c1ccc(Br)cc1. The van der Waals surface area contributed by atoms with Gasteiger partial charge in [-0.05, 0) is 61.6 Å². The molecule has 0 unspecified atom stereocenters. The molecule has 1 amide bonds. The van der Waals surface area contributed by atoms with Gasteiger partial charge >= 0.3 is 0 Å². The van der Waals surface area contributed by atoms with Crippen molar-refractivity contribution in [2.45, 2.75) is 50.0 Å². The number of halogens is 1. The fourth-order valence-electron chi connectivity index (χ4n) is 3.49. The van der Waals surface area contributed by atoms with Crippen molar-refractivity contribution in [3.8, 4) is 0 Å². The van der Waals surface area contributed by atoms with Gasteiger partial charge in [0.1, 0.15) is 0 Å². The molecule has 0 aliphatic carbocycles. The van der Waals surface area contributed by atoms with E-state index in [0.29, 0.717) is 30.8 Å². The number of carbonyl (C=O) groups is 1. The Morgan fingerprint density at radius 3 is 2.28 bits per heavy atom. The van der Waals surface area contributed by atoms with Gasteiger partial charge in [0.15, 0.2) is 0 Å². The summed E-state index contributed by atoms with van der Waals surface area (Å²) in [5, 5.41) is 3.01. The second-order valence-corrected chi connectivity index (χ2v) is 10.3. The van der Waals surface area contributed by atoms with Gasteiger partial charge in [0.25, 0.3) is 0 Å². The zero-order valence-electron chi connectivity index (χ0n) is 16.6. The highest BCUT2D eigenvalue weighted by molar-refractivity contribution is 9.10. The van der Waals surface area contributed by atoms with E-state index in [2.05, 4.69) is 21.2 Å². The number of amides is 1. The van der Waals surface area contributed by atoms with Crippen LogP contribution in [0.4, 0.5) is 0 Å². The van der Waals surface area contributed by atoms with Gasteiger partial charge in [-0.2, -0.15) is 4.31 Å². The maximum absolute atomic E-state index is 12.7. The maximum Gasteiger partial charge on any atom is 0.243 e. The largest absolute Gasteiger partial charge is 0.350 e. The van der Waals surface area contributed by atoms with E-state index >= 15 is 0 Å². The molecule has 2 aromatic rings. The Bertz CT molecular complexity index is 922. The monoisotopic (exact) mass is 478 g/mol. The van der Waals surface area contributed by atoms with E-state index in [4.69, 9.17) is 0 Å². The van der Waals surface area contributed by atoms with Gasteiger partial charge in [0.05, 0.1) is 10.9 Å². The van der Waals surface area contributed by atoms with Gasteiger partial charge in [-0.15, -0.1) is 0 Å². The molecule has 0 radical (unpaired) electrons. The summed E-state index contributed by atoms with van der Waals surface area (Å²) in [4.78, 5) is 12.6. The van der Waals surface area contributed by atoms with Crippen molar-refractivity contribution in [2.24, 2.45) is 0 Å². The van der Waals surface area contributed by atoms with Crippen molar-refractivity contribution in [2.75, 3.05) is 13.1 Å². The molecule has 29 heavy (non-hydrogen) atoms. The van der Waals surface area contributed by atoms with Gasteiger partial charge in [-0.3, -0.25) is 4.79 Å². The molecule has 1 N–H and O–H groups in total. The molecule has 7 heteroatoms. The second kappa shape index (κ2) is 9.87. The Morgan fingerprint density at radius 2 is 1.66 bits per heavy atom.